The minimum absolute atomic E-state index is 0.0909. The van der Waals surface area contributed by atoms with Crippen LogP contribution >= 0.6 is 0 Å². The highest BCUT2D eigenvalue weighted by atomic mass is 19.4. The summed E-state index contributed by atoms with van der Waals surface area (Å²) in [6.45, 7) is 1.23. The molecule has 0 aliphatic heterocycles. The van der Waals surface area contributed by atoms with Crippen LogP contribution in [-0.4, -0.2) is 24.1 Å². The zero-order valence-electron chi connectivity index (χ0n) is 11.0. The second kappa shape index (κ2) is 6.90. The number of rotatable bonds is 6. The number of alkyl halides is 3. The minimum atomic E-state index is -4.93. The lowest BCUT2D eigenvalue weighted by Gasteiger charge is -2.13. The summed E-state index contributed by atoms with van der Waals surface area (Å²) < 4.78 is 53.7. The van der Waals surface area contributed by atoms with Crippen LogP contribution in [0.3, 0.4) is 0 Å². The quantitative estimate of drug-likeness (QED) is 0.793. The zero-order chi connectivity index (χ0) is 15.3. The zero-order valence-corrected chi connectivity index (χ0v) is 11.0. The molecule has 0 unspecified atom stereocenters. The summed E-state index contributed by atoms with van der Waals surface area (Å²) in [6, 6.07) is 2.16. The Bertz CT molecular complexity index is 449. The average Bonchev–Trinajstić information content (AvgIpc) is 2.33. The molecular formula is C13H17F4NO2. The average molecular weight is 295 g/mol. The molecule has 0 fully saturated rings. The smallest absolute Gasteiger partial charge is 0.403 e. The van der Waals surface area contributed by atoms with Crippen LogP contribution < -0.4 is 10.5 Å². The Morgan fingerprint density at radius 2 is 2.00 bits per heavy atom. The van der Waals surface area contributed by atoms with Gasteiger partial charge >= 0.3 is 6.36 Å². The second-order valence-corrected chi connectivity index (χ2v) is 4.61. The van der Waals surface area contributed by atoms with E-state index in [1.54, 1.807) is 0 Å². The number of benzene rings is 1. The van der Waals surface area contributed by atoms with Gasteiger partial charge in [0.25, 0.3) is 0 Å². The number of aliphatic hydroxyl groups excluding tert-OH is 1. The topological polar surface area (TPSA) is 55.5 Å². The first-order chi connectivity index (χ1) is 9.23. The van der Waals surface area contributed by atoms with Crippen LogP contribution in [-0.2, 0) is 6.42 Å². The molecule has 1 aromatic rings. The summed E-state index contributed by atoms with van der Waals surface area (Å²) in [4.78, 5) is 0. The largest absolute Gasteiger partial charge is 0.573 e. The molecule has 0 aromatic heterocycles. The molecule has 0 saturated heterocycles. The van der Waals surface area contributed by atoms with Crippen LogP contribution in [0.5, 0.6) is 5.75 Å². The van der Waals surface area contributed by atoms with Gasteiger partial charge in [0, 0.05) is 6.04 Å². The molecule has 1 rings (SSSR count). The van der Waals surface area contributed by atoms with E-state index in [-0.39, 0.29) is 18.2 Å². The van der Waals surface area contributed by atoms with Gasteiger partial charge in [-0.15, -0.1) is 13.2 Å². The highest BCUT2D eigenvalue weighted by Gasteiger charge is 2.32. The molecule has 20 heavy (non-hydrogen) atoms. The van der Waals surface area contributed by atoms with Gasteiger partial charge in [0.15, 0.2) is 11.6 Å². The number of nitrogens with two attached hydrogens (primary N) is 1. The van der Waals surface area contributed by atoms with Crippen molar-refractivity contribution >= 4 is 0 Å². The van der Waals surface area contributed by atoms with Crippen LogP contribution in [0, 0.1) is 12.7 Å². The third kappa shape index (κ3) is 5.34. The van der Waals surface area contributed by atoms with Gasteiger partial charge in [-0.05, 0) is 43.4 Å². The highest BCUT2D eigenvalue weighted by Crippen LogP contribution is 2.29. The molecule has 0 amide bonds. The molecule has 3 N–H and O–H groups in total. The van der Waals surface area contributed by atoms with Crippen molar-refractivity contribution in [1.82, 2.24) is 0 Å². The van der Waals surface area contributed by atoms with Gasteiger partial charge in [0.2, 0.25) is 0 Å². The van der Waals surface area contributed by atoms with Gasteiger partial charge in [-0.1, -0.05) is 6.07 Å². The van der Waals surface area contributed by atoms with Gasteiger partial charge < -0.3 is 15.6 Å². The van der Waals surface area contributed by atoms with E-state index < -0.39 is 17.9 Å². The van der Waals surface area contributed by atoms with Gasteiger partial charge in [-0.2, -0.15) is 0 Å². The van der Waals surface area contributed by atoms with E-state index in [1.807, 2.05) is 0 Å². The van der Waals surface area contributed by atoms with Gasteiger partial charge in [-0.3, -0.25) is 0 Å². The molecule has 0 aliphatic carbocycles. The fourth-order valence-electron chi connectivity index (χ4n) is 1.81. The van der Waals surface area contributed by atoms with E-state index in [4.69, 9.17) is 10.8 Å². The molecule has 0 spiro atoms. The van der Waals surface area contributed by atoms with Crippen molar-refractivity contribution in [2.45, 2.75) is 38.6 Å². The Morgan fingerprint density at radius 3 is 2.55 bits per heavy atom. The molecule has 0 heterocycles. The predicted molar refractivity (Wildman–Crippen MR) is 65.8 cm³/mol. The number of halogens is 4. The van der Waals surface area contributed by atoms with E-state index in [9.17, 15) is 17.6 Å². The van der Waals surface area contributed by atoms with E-state index in [0.29, 0.717) is 24.8 Å². The first kappa shape index (κ1) is 16.7. The van der Waals surface area contributed by atoms with Crippen molar-refractivity contribution in [2.75, 3.05) is 6.61 Å². The molecule has 0 radical (unpaired) electrons. The summed E-state index contributed by atoms with van der Waals surface area (Å²) in [6.07, 6.45) is -3.38. The first-order valence-corrected chi connectivity index (χ1v) is 6.14. The van der Waals surface area contributed by atoms with Crippen LogP contribution in [0.25, 0.3) is 0 Å². The Kier molecular flexibility index (Phi) is 5.76. The Morgan fingerprint density at radius 1 is 1.35 bits per heavy atom. The monoisotopic (exact) mass is 295 g/mol. The summed E-state index contributed by atoms with van der Waals surface area (Å²) in [7, 11) is 0. The lowest BCUT2D eigenvalue weighted by Crippen LogP contribution is -2.24. The summed E-state index contributed by atoms with van der Waals surface area (Å²) >= 11 is 0. The van der Waals surface area contributed by atoms with Crippen molar-refractivity contribution < 1.29 is 27.4 Å². The predicted octanol–water partition coefficient (Wildman–Crippen LogP) is 2.68. The highest BCUT2D eigenvalue weighted by molar-refractivity contribution is 5.36. The first-order valence-electron chi connectivity index (χ1n) is 6.14. The molecule has 0 aliphatic rings. The maximum absolute atomic E-state index is 13.5. The number of aliphatic hydroxyl groups is 1. The molecule has 7 heteroatoms. The number of aryl methyl sites for hydroxylation is 2. The number of hydrogen-bond acceptors (Lipinski definition) is 3. The lowest BCUT2D eigenvalue weighted by molar-refractivity contribution is -0.275. The molecule has 3 nitrogen and oxygen atoms in total. The van der Waals surface area contributed by atoms with Gasteiger partial charge in [0.1, 0.15) is 0 Å². The molecule has 1 atom stereocenters. The van der Waals surface area contributed by atoms with Crippen LogP contribution in [0.2, 0.25) is 0 Å². The summed E-state index contributed by atoms with van der Waals surface area (Å²) in [5.74, 6) is -1.84. The third-order valence-corrected chi connectivity index (χ3v) is 2.78. The maximum atomic E-state index is 13.5. The number of ether oxygens (including phenoxy) is 1. The normalized spacial score (nSPS) is 13.3. The van der Waals surface area contributed by atoms with Gasteiger partial charge in [-0.25, -0.2) is 4.39 Å². The molecular weight excluding hydrogens is 278 g/mol. The minimum Gasteiger partial charge on any atom is -0.403 e. The van der Waals surface area contributed by atoms with Crippen molar-refractivity contribution in [3.8, 4) is 5.75 Å². The van der Waals surface area contributed by atoms with Crippen LogP contribution in [0.4, 0.5) is 17.6 Å². The standard InChI is InChI=1S/C13H17F4NO2/c1-8-5-9(3-2-4-10(18)7-19)6-11(12(8)14)20-13(15,16)17/h5-6,10,19H,2-4,7,18H2,1H3/t10-/m1/s1. The van der Waals surface area contributed by atoms with E-state index in [1.165, 1.54) is 13.0 Å². The fraction of sp³-hybridized carbons (Fsp3) is 0.538. The van der Waals surface area contributed by atoms with Crippen molar-refractivity contribution in [3.05, 3.63) is 29.1 Å². The van der Waals surface area contributed by atoms with Crippen molar-refractivity contribution in [3.63, 3.8) is 0 Å². The van der Waals surface area contributed by atoms with E-state index in [2.05, 4.69) is 4.74 Å². The molecule has 0 bridgehead atoms. The van der Waals surface area contributed by atoms with Crippen molar-refractivity contribution in [2.24, 2.45) is 5.73 Å². The molecule has 114 valence electrons. The Balaban J connectivity index is 2.78. The molecule has 1 aromatic carbocycles. The Hall–Kier alpha value is -1.34. The lowest BCUT2D eigenvalue weighted by atomic mass is 10.0. The molecule has 0 saturated carbocycles. The summed E-state index contributed by atoms with van der Waals surface area (Å²) in [5, 5.41) is 8.76. The third-order valence-electron chi connectivity index (χ3n) is 2.78. The second-order valence-electron chi connectivity index (χ2n) is 4.61. The van der Waals surface area contributed by atoms with Crippen LogP contribution in [0.15, 0.2) is 12.1 Å². The SMILES string of the molecule is Cc1cc(CCC[C@@H](N)CO)cc(OC(F)(F)F)c1F. The van der Waals surface area contributed by atoms with E-state index in [0.717, 1.165) is 6.07 Å². The maximum Gasteiger partial charge on any atom is 0.573 e. The Labute approximate surface area is 114 Å². The summed E-state index contributed by atoms with van der Waals surface area (Å²) in [5.41, 5.74) is 6.15. The van der Waals surface area contributed by atoms with Crippen molar-refractivity contribution in [1.29, 1.82) is 0 Å². The van der Waals surface area contributed by atoms with E-state index >= 15 is 0 Å². The number of hydrogen-bond donors (Lipinski definition) is 2. The van der Waals surface area contributed by atoms with Crippen LogP contribution in [0.1, 0.15) is 24.0 Å². The fourth-order valence-corrected chi connectivity index (χ4v) is 1.81. The van der Waals surface area contributed by atoms with Gasteiger partial charge in [0.05, 0.1) is 6.61 Å².